The van der Waals surface area contributed by atoms with Gasteiger partial charge in [-0.15, -0.1) is 0 Å². The second-order valence-corrected chi connectivity index (χ2v) is 8.15. The number of rotatable bonds is 5. The Hall–Kier alpha value is -2.17. The van der Waals surface area contributed by atoms with E-state index >= 15 is 0 Å². The number of benzene rings is 1. The molecule has 0 amide bonds. The van der Waals surface area contributed by atoms with Crippen LogP contribution < -0.4 is 0 Å². The minimum Gasteiger partial charge on any atom is -0.290 e. The summed E-state index contributed by atoms with van der Waals surface area (Å²) < 4.78 is 82.3. The van der Waals surface area contributed by atoms with Gasteiger partial charge in [0.1, 0.15) is 22.7 Å². The summed E-state index contributed by atoms with van der Waals surface area (Å²) in [6.07, 6.45) is -2.31. The van der Waals surface area contributed by atoms with E-state index in [-0.39, 0.29) is 21.3 Å². The van der Waals surface area contributed by atoms with Gasteiger partial charge in [0.05, 0.1) is 11.1 Å². The van der Waals surface area contributed by atoms with Crippen LogP contribution in [-0.4, -0.2) is 34.8 Å². The van der Waals surface area contributed by atoms with Crippen molar-refractivity contribution in [1.82, 2.24) is 13.7 Å². The predicted molar refractivity (Wildman–Crippen MR) is 95.0 cm³/mol. The zero-order valence-electron chi connectivity index (χ0n) is 14.4. The van der Waals surface area contributed by atoms with Gasteiger partial charge in [-0.2, -0.15) is 17.5 Å². The molecule has 3 aromatic rings. The summed E-state index contributed by atoms with van der Waals surface area (Å²) >= 11 is 5.89. The Morgan fingerprint density at radius 1 is 1.21 bits per heavy atom. The fraction of sp³-hybridized carbons (Fsp3) is 0.235. The minimum atomic E-state index is -4.92. The van der Waals surface area contributed by atoms with E-state index in [0.29, 0.717) is 4.31 Å². The van der Waals surface area contributed by atoms with Crippen LogP contribution >= 0.6 is 11.6 Å². The van der Waals surface area contributed by atoms with Crippen LogP contribution in [0.2, 0.25) is 5.15 Å². The van der Waals surface area contributed by atoms with E-state index in [1.807, 2.05) is 0 Å². The molecule has 1 atom stereocenters. The lowest BCUT2D eigenvalue weighted by molar-refractivity contribution is -0.173. The summed E-state index contributed by atoms with van der Waals surface area (Å²) in [5, 5.41) is 0.228. The summed E-state index contributed by atoms with van der Waals surface area (Å²) in [4.78, 5) is 3.56. The first-order valence-electron chi connectivity index (χ1n) is 8.02. The quantitative estimate of drug-likeness (QED) is 0.557. The molecule has 0 saturated carbocycles. The Morgan fingerprint density at radius 3 is 2.43 bits per heavy atom. The van der Waals surface area contributed by atoms with Gasteiger partial charge >= 0.3 is 6.18 Å². The Labute approximate surface area is 163 Å². The van der Waals surface area contributed by atoms with Crippen molar-refractivity contribution >= 4 is 27.3 Å². The van der Waals surface area contributed by atoms with E-state index in [4.69, 9.17) is 11.6 Å². The van der Waals surface area contributed by atoms with Crippen LogP contribution in [0, 0.1) is 5.82 Å². The van der Waals surface area contributed by atoms with Crippen LogP contribution in [0.5, 0.6) is 0 Å². The molecule has 11 heteroatoms. The molecule has 0 spiro atoms. The number of aromatic nitrogens is 2. The van der Waals surface area contributed by atoms with Gasteiger partial charge in [-0.05, 0) is 23.8 Å². The number of nitrogens with zero attached hydrogens (tertiary/aromatic N) is 3. The van der Waals surface area contributed by atoms with Crippen LogP contribution in [0.25, 0.3) is 5.65 Å². The largest absolute Gasteiger partial charge is 0.409 e. The van der Waals surface area contributed by atoms with Crippen molar-refractivity contribution < 1.29 is 26.0 Å². The van der Waals surface area contributed by atoms with Crippen molar-refractivity contribution in [1.29, 1.82) is 0 Å². The molecule has 1 aromatic carbocycles. The molecule has 0 fully saturated rings. The molecule has 0 bridgehead atoms. The number of sulfonamides is 1. The highest BCUT2D eigenvalue weighted by Gasteiger charge is 2.48. The maximum atomic E-state index is 13.8. The molecule has 2 heterocycles. The molecular weight excluding hydrogens is 422 g/mol. The van der Waals surface area contributed by atoms with Gasteiger partial charge in [0, 0.05) is 18.8 Å². The molecule has 0 saturated heterocycles. The monoisotopic (exact) mass is 435 g/mol. The molecular formula is C17H14ClF4N3O2S. The van der Waals surface area contributed by atoms with E-state index in [2.05, 4.69) is 4.98 Å². The topological polar surface area (TPSA) is 54.7 Å². The SMILES string of the molecule is CCN(C(c1ccc(F)cc1)C(F)(F)F)S(=O)(=O)c1ccn2c(Cl)cnc2c1. The lowest BCUT2D eigenvalue weighted by Gasteiger charge is -2.31. The Kier molecular flexibility index (Phi) is 5.39. The standard InChI is InChI=1S/C17H14ClF4N3O2S/c1-2-25(16(17(20,21)22)11-3-5-12(19)6-4-11)28(26,27)13-7-8-24-14(18)10-23-15(24)9-13/h3-10,16H,2H2,1H3. The summed E-state index contributed by atoms with van der Waals surface area (Å²) in [5.41, 5.74) is -0.211. The highest BCUT2D eigenvalue weighted by molar-refractivity contribution is 7.89. The number of pyridine rings is 1. The minimum absolute atomic E-state index is 0.174. The number of fused-ring (bicyclic) bond motifs is 1. The second kappa shape index (κ2) is 7.34. The van der Waals surface area contributed by atoms with E-state index in [1.54, 1.807) is 0 Å². The van der Waals surface area contributed by atoms with E-state index in [0.717, 1.165) is 36.4 Å². The smallest absolute Gasteiger partial charge is 0.290 e. The summed E-state index contributed by atoms with van der Waals surface area (Å²) in [7, 11) is -4.55. The third-order valence-corrected chi connectivity index (χ3v) is 6.36. The van der Waals surface area contributed by atoms with Gasteiger partial charge in [-0.3, -0.25) is 4.40 Å². The maximum absolute atomic E-state index is 13.8. The summed E-state index contributed by atoms with van der Waals surface area (Å²) in [6.45, 7) is 0.842. The first-order chi connectivity index (χ1) is 13.1. The molecule has 0 aliphatic carbocycles. The van der Waals surface area contributed by atoms with Crippen molar-refractivity contribution in [3.63, 3.8) is 0 Å². The van der Waals surface area contributed by atoms with Crippen molar-refractivity contribution in [2.24, 2.45) is 0 Å². The van der Waals surface area contributed by atoms with Gasteiger partial charge in [-0.25, -0.2) is 17.8 Å². The molecule has 1 unspecified atom stereocenters. The average molecular weight is 436 g/mol. The predicted octanol–water partition coefficient (Wildman–Crippen LogP) is 4.44. The van der Waals surface area contributed by atoms with Gasteiger partial charge in [0.15, 0.2) is 0 Å². The number of hydrogen-bond donors (Lipinski definition) is 0. The lowest BCUT2D eigenvalue weighted by atomic mass is 10.1. The lowest BCUT2D eigenvalue weighted by Crippen LogP contribution is -2.42. The fourth-order valence-corrected chi connectivity index (χ4v) is 4.69. The van der Waals surface area contributed by atoms with Crippen LogP contribution in [0.3, 0.4) is 0 Å². The Bertz CT molecular complexity index is 1100. The highest BCUT2D eigenvalue weighted by atomic mass is 35.5. The molecule has 0 radical (unpaired) electrons. The molecule has 0 N–H and O–H groups in total. The van der Waals surface area contributed by atoms with Crippen molar-refractivity contribution in [2.75, 3.05) is 6.54 Å². The summed E-state index contributed by atoms with van der Waals surface area (Å²) in [6, 6.07) is 3.37. The molecule has 0 aliphatic heterocycles. The zero-order chi connectivity index (χ0) is 20.7. The van der Waals surface area contributed by atoms with E-state index in [1.165, 1.54) is 23.7 Å². The highest BCUT2D eigenvalue weighted by Crippen LogP contribution is 2.40. The zero-order valence-corrected chi connectivity index (χ0v) is 15.9. The number of hydrogen-bond acceptors (Lipinski definition) is 3. The van der Waals surface area contributed by atoms with Gasteiger partial charge in [0.2, 0.25) is 10.0 Å². The van der Waals surface area contributed by atoms with Gasteiger partial charge < -0.3 is 0 Å². The van der Waals surface area contributed by atoms with Crippen LogP contribution in [0.15, 0.2) is 53.7 Å². The maximum Gasteiger partial charge on any atom is 0.409 e. The van der Waals surface area contributed by atoms with Crippen molar-refractivity contribution in [2.45, 2.75) is 24.0 Å². The van der Waals surface area contributed by atoms with Gasteiger partial charge in [0.25, 0.3) is 0 Å². The molecule has 28 heavy (non-hydrogen) atoms. The average Bonchev–Trinajstić information content (AvgIpc) is 3.00. The van der Waals surface area contributed by atoms with Gasteiger partial charge in [-0.1, -0.05) is 30.7 Å². The van der Waals surface area contributed by atoms with Crippen LogP contribution in [0.4, 0.5) is 17.6 Å². The fourth-order valence-electron chi connectivity index (χ4n) is 2.88. The van der Waals surface area contributed by atoms with Crippen molar-refractivity contribution in [3.8, 4) is 0 Å². The summed E-state index contributed by atoms with van der Waals surface area (Å²) in [5.74, 6) is -0.725. The third-order valence-electron chi connectivity index (χ3n) is 4.14. The molecule has 0 aliphatic rings. The molecule has 5 nitrogen and oxygen atoms in total. The second-order valence-electron chi connectivity index (χ2n) is 5.88. The normalized spacial score (nSPS) is 14.0. The molecule has 150 valence electrons. The van der Waals surface area contributed by atoms with E-state index < -0.39 is 34.6 Å². The number of imidazole rings is 1. The Morgan fingerprint density at radius 2 is 1.86 bits per heavy atom. The Balaban J connectivity index is 2.12. The molecule has 3 rings (SSSR count). The van der Waals surface area contributed by atoms with Crippen LogP contribution in [-0.2, 0) is 10.0 Å². The number of alkyl halides is 3. The third kappa shape index (κ3) is 3.71. The van der Waals surface area contributed by atoms with E-state index in [9.17, 15) is 26.0 Å². The first kappa shape index (κ1) is 20.6. The molecule has 2 aromatic heterocycles. The van der Waals surface area contributed by atoms with Crippen LogP contribution in [0.1, 0.15) is 18.5 Å². The number of halogens is 5. The first-order valence-corrected chi connectivity index (χ1v) is 9.84. The van der Waals surface area contributed by atoms with Crippen molar-refractivity contribution in [3.05, 3.63) is 65.3 Å².